The third-order valence-corrected chi connectivity index (χ3v) is 6.07. The number of rotatable bonds is 6. The van der Waals surface area contributed by atoms with Gasteiger partial charge in [-0.05, 0) is 41.3 Å². The van der Waals surface area contributed by atoms with E-state index >= 15 is 0 Å². The van der Waals surface area contributed by atoms with E-state index in [9.17, 15) is 0 Å². The van der Waals surface area contributed by atoms with Crippen molar-refractivity contribution in [2.24, 2.45) is 0 Å². The van der Waals surface area contributed by atoms with E-state index in [1.807, 2.05) is 62.2 Å². The third kappa shape index (κ3) is 4.01. The van der Waals surface area contributed by atoms with Crippen molar-refractivity contribution in [2.75, 3.05) is 11.9 Å². The molecule has 0 saturated heterocycles. The summed E-state index contributed by atoms with van der Waals surface area (Å²) in [4.78, 5) is 6.64. The predicted octanol–water partition coefficient (Wildman–Crippen LogP) is 6.13. The summed E-state index contributed by atoms with van der Waals surface area (Å²) in [7, 11) is 1.97. The predicted molar refractivity (Wildman–Crippen MR) is 126 cm³/mol. The molecule has 8 heteroatoms. The molecule has 6 nitrogen and oxygen atoms in total. The van der Waals surface area contributed by atoms with E-state index in [0.717, 1.165) is 52.3 Å². The number of aromatic amines is 1. The van der Waals surface area contributed by atoms with Crippen LogP contribution in [0.1, 0.15) is 25.2 Å². The molecule has 31 heavy (non-hydrogen) atoms. The van der Waals surface area contributed by atoms with Crippen LogP contribution in [0.15, 0.2) is 48.5 Å². The number of nitrogens with one attached hydrogen (secondary N) is 1. The quantitative estimate of drug-likeness (QED) is 0.380. The summed E-state index contributed by atoms with van der Waals surface area (Å²) in [6.07, 6.45) is 1.49. The van der Waals surface area contributed by atoms with Gasteiger partial charge < -0.3 is 4.90 Å². The van der Waals surface area contributed by atoms with Crippen LogP contribution in [-0.2, 0) is 12.8 Å². The summed E-state index contributed by atoms with van der Waals surface area (Å²) in [5.41, 5.74) is 6.46. The summed E-state index contributed by atoms with van der Waals surface area (Å²) in [6.45, 7) is 4.09. The molecule has 1 N–H and O–H groups in total. The van der Waals surface area contributed by atoms with Gasteiger partial charge in [0.2, 0.25) is 5.82 Å². The monoisotopic (exact) mass is 452 g/mol. The second-order valence-electron chi connectivity index (χ2n) is 7.08. The fourth-order valence-corrected chi connectivity index (χ4v) is 4.44. The van der Waals surface area contributed by atoms with Crippen molar-refractivity contribution < 1.29 is 0 Å². The van der Waals surface area contributed by atoms with Gasteiger partial charge in [0.05, 0.1) is 27.1 Å². The Morgan fingerprint density at radius 3 is 2.03 bits per heavy atom. The van der Waals surface area contributed by atoms with Crippen LogP contribution in [0.2, 0.25) is 10.0 Å². The number of anilines is 2. The largest absolute Gasteiger partial charge is 0.342 e. The van der Waals surface area contributed by atoms with Crippen LogP contribution < -0.4 is 4.90 Å². The van der Waals surface area contributed by atoms with Gasteiger partial charge in [0, 0.05) is 18.3 Å². The lowest BCUT2D eigenvalue weighted by Gasteiger charge is -2.24. The van der Waals surface area contributed by atoms with Gasteiger partial charge in [-0.1, -0.05) is 73.4 Å². The van der Waals surface area contributed by atoms with E-state index in [0.29, 0.717) is 15.9 Å². The van der Waals surface area contributed by atoms with Crippen molar-refractivity contribution in [3.8, 4) is 22.5 Å². The smallest absolute Gasteiger partial charge is 0.205 e. The van der Waals surface area contributed by atoms with Crippen molar-refractivity contribution in [1.82, 2.24) is 25.6 Å². The Balaban J connectivity index is 1.72. The Morgan fingerprint density at radius 2 is 1.48 bits per heavy atom. The maximum Gasteiger partial charge on any atom is 0.205 e. The molecule has 0 saturated carbocycles. The van der Waals surface area contributed by atoms with E-state index in [2.05, 4.69) is 37.7 Å². The van der Waals surface area contributed by atoms with Gasteiger partial charge in [-0.25, -0.2) is 0 Å². The van der Waals surface area contributed by atoms with Crippen LogP contribution in [0, 0.1) is 0 Å². The van der Waals surface area contributed by atoms with Gasteiger partial charge in [-0.3, -0.25) is 4.98 Å². The second kappa shape index (κ2) is 9.04. The molecule has 2 aromatic carbocycles. The van der Waals surface area contributed by atoms with Gasteiger partial charge in [-0.15, -0.1) is 10.2 Å². The Labute approximate surface area is 191 Å². The molecule has 2 aromatic heterocycles. The van der Waals surface area contributed by atoms with E-state index in [1.54, 1.807) is 0 Å². The molecule has 4 rings (SSSR count). The molecular weight excluding hydrogens is 431 g/mol. The number of halogens is 2. The van der Waals surface area contributed by atoms with Crippen molar-refractivity contribution in [1.29, 1.82) is 0 Å². The zero-order valence-corrected chi connectivity index (χ0v) is 19.0. The Bertz CT molecular complexity index is 1160. The highest BCUT2D eigenvalue weighted by Crippen LogP contribution is 2.41. The van der Waals surface area contributed by atoms with Gasteiger partial charge in [0.25, 0.3) is 0 Å². The summed E-state index contributed by atoms with van der Waals surface area (Å²) < 4.78 is 0. The van der Waals surface area contributed by atoms with Crippen molar-refractivity contribution in [2.45, 2.75) is 26.7 Å². The van der Waals surface area contributed by atoms with E-state index in [-0.39, 0.29) is 0 Å². The minimum Gasteiger partial charge on any atom is -0.342 e. The SMILES string of the molecule is CCc1nc(CC)c(Cl)c(N(C)c2ccc(-c3ccccc3-c3nn[nH]n3)cc2)c1Cl. The fraction of sp³-hybridized carbons (Fsp3) is 0.217. The Kier molecular flexibility index (Phi) is 6.20. The first-order valence-corrected chi connectivity index (χ1v) is 10.8. The normalized spacial score (nSPS) is 11.0. The zero-order valence-electron chi connectivity index (χ0n) is 17.5. The lowest BCUT2D eigenvalue weighted by atomic mass is 9.99. The summed E-state index contributed by atoms with van der Waals surface area (Å²) in [5, 5.41) is 15.6. The summed E-state index contributed by atoms with van der Waals surface area (Å²) in [5.74, 6) is 0.561. The van der Waals surface area contributed by atoms with Crippen LogP contribution in [0.5, 0.6) is 0 Å². The first-order valence-electron chi connectivity index (χ1n) is 10.1. The molecule has 0 fully saturated rings. The van der Waals surface area contributed by atoms with Gasteiger partial charge >= 0.3 is 0 Å². The first-order chi connectivity index (χ1) is 15.0. The fourth-order valence-electron chi connectivity index (χ4n) is 3.59. The second-order valence-corrected chi connectivity index (χ2v) is 7.83. The lowest BCUT2D eigenvalue weighted by Crippen LogP contribution is -2.13. The number of aromatic nitrogens is 5. The van der Waals surface area contributed by atoms with Gasteiger partial charge in [0.1, 0.15) is 0 Å². The minimum absolute atomic E-state index is 0.561. The topological polar surface area (TPSA) is 70.6 Å². The molecule has 0 spiro atoms. The number of pyridine rings is 1. The molecule has 0 radical (unpaired) electrons. The summed E-state index contributed by atoms with van der Waals surface area (Å²) >= 11 is 13.4. The van der Waals surface area contributed by atoms with E-state index in [1.165, 1.54) is 0 Å². The highest BCUT2D eigenvalue weighted by Gasteiger charge is 2.20. The zero-order chi connectivity index (χ0) is 22.0. The van der Waals surface area contributed by atoms with E-state index < -0.39 is 0 Å². The molecule has 0 unspecified atom stereocenters. The molecule has 0 aliphatic rings. The number of benzene rings is 2. The lowest BCUT2D eigenvalue weighted by molar-refractivity contribution is 0.881. The van der Waals surface area contributed by atoms with E-state index in [4.69, 9.17) is 23.2 Å². The van der Waals surface area contributed by atoms with Crippen molar-refractivity contribution in [3.05, 3.63) is 70.0 Å². The van der Waals surface area contributed by atoms with Crippen LogP contribution in [0.25, 0.3) is 22.5 Å². The average molecular weight is 453 g/mol. The van der Waals surface area contributed by atoms with Crippen LogP contribution >= 0.6 is 23.2 Å². The molecule has 0 bridgehead atoms. The van der Waals surface area contributed by atoms with Crippen molar-refractivity contribution in [3.63, 3.8) is 0 Å². The number of hydrogen-bond donors (Lipinski definition) is 1. The number of nitrogens with zero attached hydrogens (tertiary/aromatic N) is 5. The molecule has 0 atom stereocenters. The first kappa shape index (κ1) is 21.3. The number of hydrogen-bond acceptors (Lipinski definition) is 5. The number of tetrazole rings is 1. The molecule has 0 amide bonds. The Hall–Kier alpha value is -2.96. The van der Waals surface area contributed by atoms with Gasteiger partial charge in [0.15, 0.2) is 0 Å². The Morgan fingerprint density at radius 1 is 0.871 bits per heavy atom. The molecule has 4 aromatic rings. The van der Waals surface area contributed by atoms with Crippen molar-refractivity contribution >= 4 is 34.6 Å². The highest BCUT2D eigenvalue weighted by molar-refractivity contribution is 6.40. The van der Waals surface area contributed by atoms with Crippen LogP contribution in [-0.4, -0.2) is 32.7 Å². The van der Waals surface area contributed by atoms with Crippen LogP contribution in [0.3, 0.4) is 0 Å². The minimum atomic E-state index is 0.561. The summed E-state index contributed by atoms with van der Waals surface area (Å²) in [6, 6.07) is 16.2. The number of aryl methyl sites for hydroxylation is 2. The van der Waals surface area contributed by atoms with Gasteiger partial charge in [-0.2, -0.15) is 5.21 Å². The van der Waals surface area contributed by atoms with Crippen LogP contribution in [0.4, 0.5) is 11.4 Å². The maximum absolute atomic E-state index is 6.68. The third-order valence-electron chi connectivity index (χ3n) is 5.28. The molecule has 0 aliphatic carbocycles. The average Bonchev–Trinajstić information content (AvgIpc) is 3.34. The molecule has 158 valence electrons. The molecular formula is C23H22Cl2N6. The molecule has 2 heterocycles. The number of H-pyrrole nitrogens is 1. The highest BCUT2D eigenvalue weighted by atomic mass is 35.5. The maximum atomic E-state index is 6.68. The standard InChI is InChI=1S/C23H22Cl2N6/c1-4-18-20(24)22(21(25)19(5-2)26-18)31(3)15-12-10-14(11-13-15)16-8-6-7-9-17(16)23-27-29-30-28-23/h6-13H,4-5H2,1-3H3,(H,27,28,29,30). The molecule has 0 aliphatic heterocycles.